The van der Waals surface area contributed by atoms with Gasteiger partial charge in [0.25, 0.3) is 0 Å². The third-order valence-electron chi connectivity index (χ3n) is 2.09. The van der Waals surface area contributed by atoms with Crippen molar-refractivity contribution in [3.63, 3.8) is 0 Å². The Hall–Kier alpha value is -0.460. The average molecular weight is 127 g/mol. The molecule has 0 aromatic heterocycles. The van der Waals surface area contributed by atoms with Crippen LogP contribution in [0, 0.1) is 0 Å². The predicted octanol–water partition coefficient (Wildman–Crippen LogP) is 2.25. The molecule has 0 aliphatic carbocycles. The molecule has 0 amide bonds. The van der Waals surface area contributed by atoms with Gasteiger partial charge >= 0.3 is 0 Å². The highest BCUT2D eigenvalue weighted by molar-refractivity contribution is 4.83. The summed E-state index contributed by atoms with van der Waals surface area (Å²) in [5.41, 5.74) is 0.266. The van der Waals surface area contributed by atoms with E-state index in [0.717, 1.165) is 6.42 Å². The van der Waals surface area contributed by atoms with Crippen LogP contribution in [0.25, 0.3) is 0 Å². The van der Waals surface area contributed by atoms with Gasteiger partial charge in [-0.05, 0) is 26.5 Å². The van der Waals surface area contributed by atoms with Crippen LogP contribution in [0.4, 0.5) is 0 Å². The van der Waals surface area contributed by atoms with Crippen molar-refractivity contribution in [1.82, 2.24) is 4.90 Å². The van der Waals surface area contributed by atoms with Gasteiger partial charge in [0.05, 0.1) is 0 Å². The first-order valence-corrected chi connectivity index (χ1v) is 3.40. The Balaban J connectivity index is 3.95. The van der Waals surface area contributed by atoms with E-state index in [-0.39, 0.29) is 5.54 Å². The van der Waals surface area contributed by atoms with Crippen molar-refractivity contribution in [1.29, 1.82) is 0 Å². The average Bonchev–Trinajstić information content (AvgIpc) is 1.86. The van der Waals surface area contributed by atoms with Gasteiger partial charge in [0, 0.05) is 12.6 Å². The highest BCUT2D eigenvalue weighted by atomic mass is 15.1. The van der Waals surface area contributed by atoms with Crippen LogP contribution >= 0.6 is 0 Å². The summed E-state index contributed by atoms with van der Waals surface area (Å²) in [4.78, 5) is 2.13. The molecule has 0 spiro atoms. The molecule has 0 atom stereocenters. The normalized spacial score (nSPS) is 11.1. The molecule has 0 saturated heterocycles. The Labute approximate surface area is 58.4 Å². The summed E-state index contributed by atoms with van der Waals surface area (Å²) in [7, 11) is 2.05. The maximum Gasteiger partial charge on any atom is 0.0334 e. The summed E-state index contributed by atoms with van der Waals surface area (Å²) in [5, 5.41) is 0. The van der Waals surface area contributed by atoms with Crippen molar-refractivity contribution in [3.05, 3.63) is 12.8 Å². The summed E-state index contributed by atoms with van der Waals surface area (Å²) < 4.78 is 0. The van der Waals surface area contributed by atoms with Gasteiger partial charge in [-0.25, -0.2) is 0 Å². The van der Waals surface area contributed by atoms with Gasteiger partial charge in [0.15, 0.2) is 0 Å². The molecule has 1 heteroatoms. The Morgan fingerprint density at radius 3 is 2.11 bits per heavy atom. The second-order valence-corrected chi connectivity index (χ2v) is 2.96. The third-order valence-corrected chi connectivity index (χ3v) is 2.09. The fraction of sp³-hybridized carbons (Fsp3) is 0.750. The van der Waals surface area contributed by atoms with Gasteiger partial charge in [0.1, 0.15) is 0 Å². The van der Waals surface area contributed by atoms with Crippen molar-refractivity contribution >= 4 is 0 Å². The van der Waals surface area contributed by atoms with Crippen molar-refractivity contribution in [3.8, 4) is 0 Å². The molecule has 0 aliphatic heterocycles. The topological polar surface area (TPSA) is 3.24 Å². The molecule has 0 N–H and O–H groups in total. The van der Waals surface area contributed by atoms with Crippen LogP contribution in [-0.2, 0) is 0 Å². The molecular formula is C8H17N. The first-order chi connectivity index (χ1) is 4.04. The van der Waals surface area contributed by atoms with Gasteiger partial charge in [-0.2, -0.15) is 0 Å². The zero-order valence-corrected chi connectivity index (χ0v) is 6.94. The van der Waals surface area contributed by atoms with Crippen LogP contribution < -0.4 is 0 Å². The van der Waals surface area contributed by atoms with Crippen LogP contribution in [0.2, 0.25) is 0 Å². The number of hydrogen-bond donors (Lipinski definition) is 0. The standard InChI is InChI=1S/C8H17N/c1-6-8(3,4)9(5)7-2/h7H,2,6H2,1,3-5H3. The van der Waals surface area contributed by atoms with Gasteiger partial charge in [-0.1, -0.05) is 13.5 Å². The number of hydrogen-bond acceptors (Lipinski definition) is 1. The molecule has 0 aliphatic rings. The number of nitrogens with zero attached hydrogens (tertiary/aromatic N) is 1. The van der Waals surface area contributed by atoms with Gasteiger partial charge in [-0.3, -0.25) is 0 Å². The Bertz CT molecular complexity index is 94.7. The minimum atomic E-state index is 0.266. The molecule has 0 bridgehead atoms. The largest absolute Gasteiger partial charge is 0.376 e. The quantitative estimate of drug-likeness (QED) is 0.562. The molecule has 1 nitrogen and oxygen atoms in total. The lowest BCUT2D eigenvalue weighted by molar-refractivity contribution is 0.218. The maximum atomic E-state index is 3.70. The molecule has 0 saturated carbocycles. The molecule has 9 heavy (non-hydrogen) atoms. The Morgan fingerprint density at radius 1 is 1.56 bits per heavy atom. The smallest absolute Gasteiger partial charge is 0.0334 e. The summed E-state index contributed by atoms with van der Waals surface area (Å²) in [5.74, 6) is 0. The lowest BCUT2D eigenvalue weighted by Crippen LogP contribution is -2.36. The minimum Gasteiger partial charge on any atom is -0.376 e. The van der Waals surface area contributed by atoms with Crippen molar-refractivity contribution < 1.29 is 0 Å². The van der Waals surface area contributed by atoms with E-state index in [2.05, 4.69) is 39.3 Å². The molecular weight excluding hydrogens is 110 g/mol. The molecule has 0 unspecified atom stereocenters. The number of rotatable bonds is 3. The van der Waals surface area contributed by atoms with Gasteiger partial charge in [0.2, 0.25) is 0 Å². The Morgan fingerprint density at radius 2 is 2.00 bits per heavy atom. The third kappa shape index (κ3) is 2.08. The summed E-state index contributed by atoms with van der Waals surface area (Å²) >= 11 is 0. The molecule has 0 aromatic carbocycles. The van der Waals surface area contributed by atoms with Crippen molar-refractivity contribution in [2.45, 2.75) is 32.7 Å². The lowest BCUT2D eigenvalue weighted by Gasteiger charge is -2.33. The summed E-state index contributed by atoms with van der Waals surface area (Å²) in [6.45, 7) is 10.3. The highest BCUT2D eigenvalue weighted by Gasteiger charge is 2.16. The second kappa shape index (κ2) is 2.90. The van der Waals surface area contributed by atoms with E-state index in [9.17, 15) is 0 Å². The SMILES string of the molecule is C=CN(C)C(C)(C)CC. The van der Waals surface area contributed by atoms with E-state index in [4.69, 9.17) is 0 Å². The van der Waals surface area contributed by atoms with E-state index < -0.39 is 0 Å². The van der Waals surface area contributed by atoms with E-state index in [1.165, 1.54) is 0 Å². The van der Waals surface area contributed by atoms with E-state index >= 15 is 0 Å². The van der Waals surface area contributed by atoms with E-state index in [1.807, 2.05) is 6.20 Å². The molecule has 0 aromatic rings. The maximum absolute atomic E-state index is 3.70. The summed E-state index contributed by atoms with van der Waals surface area (Å²) in [6.07, 6.45) is 3.01. The zero-order chi connectivity index (χ0) is 7.49. The van der Waals surface area contributed by atoms with Gasteiger partial charge in [-0.15, -0.1) is 0 Å². The molecule has 54 valence electrons. The van der Waals surface area contributed by atoms with Crippen LogP contribution in [0.5, 0.6) is 0 Å². The van der Waals surface area contributed by atoms with Crippen LogP contribution in [0.15, 0.2) is 12.8 Å². The van der Waals surface area contributed by atoms with Crippen molar-refractivity contribution in [2.75, 3.05) is 7.05 Å². The zero-order valence-electron chi connectivity index (χ0n) is 6.94. The van der Waals surface area contributed by atoms with E-state index in [0.29, 0.717) is 0 Å². The summed E-state index contributed by atoms with van der Waals surface area (Å²) in [6, 6.07) is 0. The Kier molecular flexibility index (Phi) is 2.75. The first kappa shape index (κ1) is 8.54. The van der Waals surface area contributed by atoms with Crippen LogP contribution in [0.1, 0.15) is 27.2 Å². The highest BCUT2D eigenvalue weighted by Crippen LogP contribution is 2.15. The molecule has 0 rings (SSSR count). The van der Waals surface area contributed by atoms with Crippen molar-refractivity contribution in [2.24, 2.45) is 0 Å². The first-order valence-electron chi connectivity index (χ1n) is 3.40. The van der Waals surface area contributed by atoms with Crippen LogP contribution in [0.3, 0.4) is 0 Å². The minimum absolute atomic E-state index is 0.266. The van der Waals surface area contributed by atoms with Gasteiger partial charge < -0.3 is 4.90 Å². The van der Waals surface area contributed by atoms with Crippen LogP contribution in [-0.4, -0.2) is 17.5 Å². The fourth-order valence-electron chi connectivity index (χ4n) is 0.497. The monoisotopic (exact) mass is 127 g/mol. The molecule has 0 fully saturated rings. The predicted molar refractivity (Wildman–Crippen MR) is 42.3 cm³/mol. The fourth-order valence-corrected chi connectivity index (χ4v) is 0.497. The van der Waals surface area contributed by atoms with E-state index in [1.54, 1.807) is 0 Å². The lowest BCUT2D eigenvalue weighted by atomic mass is 10.0. The second-order valence-electron chi connectivity index (χ2n) is 2.96. The molecule has 0 heterocycles. The molecule has 0 radical (unpaired) electrons.